The van der Waals surface area contributed by atoms with Crippen LogP contribution in [0.4, 0.5) is 0 Å². The number of hydrogen-bond acceptors (Lipinski definition) is 4. The summed E-state index contributed by atoms with van der Waals surface area (Å²) in [4.78, 5) is 18.6. The molecule has 0 aromatic carbocycles. The fourth-order valence-electron chi connectivity index (χ4n) is 3.01. The van der Waals surface area contributed by atoms with Gasteiger partial charge in [-0.2, -0.15) is 0 Å². The summed E-state index contributed by atoms with van der Waals surface area (Å²) in [5.74, 6) is -0.638. The van der Waals surface area contributed by atoms with Gasteiger partial charge >= 0.3 is 5.97 Å². The topological polar surface area (TPSA) is 53.4 Å². The number of aliphatic carboxylic acids is 1. The fourth-order valence-corrected chi connectivity index (χ4v) is 3.91. The van der Waals surface area contributed by atoms with Crippen molar-refractivity contribution < 1.29 is 9.90 Å². The molecule has 1 aliphatic rings. The number of hydrogen-bond donors (Lipinski definition) is 1. The first-order chi connectivity index (χ1) is 9.77. The smallest absolute Gasteiger partial charge is 0.310 e. The summed E-state index contributed by atoms with van der Waals surface area (Å²) in [6.45, 7) is 10.8. The Labute approximate surface area is 131 Å². The van der Waals surface area contributed by atoms with Gasteiger partial charge in [0, 0.05) is 23.9 Å². The summed E-state index contributed by atoms with van der Waals surface area (Å²) >= 11 is 1.70. The molecule has 1 atom stereocenters. The van der Waals surface area contributed by atoms with Crippen LogP contribution in [-0.4, -0.2) is 34.0 Å². The molecule has 0 aliphatic carbocycles. The molecular weight excluding hydrogens is 284 g/mol. The van der Waals surface area contributed by atoms with Gasteiger partial charge in [0.15, 0.2) is 0 Å². The van der Waals surface area contributed by atoms with E-state index in [1.807, 2.05) is 0 Å². The van der Waals surface area contributed by atoms with E-state index in [4.69, 9.17) is 4.98 Å². The lowest BCUT2D eigenvalue weighted by Crippen LogP contribution is -2.34. The molecule has 2 heterocycles. The van der Waals surface area contributed by atoms with Crippen LogP contribution < -0.4 is 0 Å². The van der Waals surface area contributed by atoms with Gasteiger partial charge in [-0.25, -0.2) is 4.98 Å². The van der Waals surface area contributed by atoms with Gasteiger partial charge in [0.25, 0.3) is 0 Å². The van der Waals surface area contributed by atoms with Crippen LogP contribution >= 0.6 is 11.3 Å². The van der Waals surface area contributed by atoms with Crippen molar-refractivity contribution >= 4 is 17.3 Å². The number of thiazole rings is 1. The number of carboxylic acids is 1. The van der Waals surface area contributed by atoms with Crippen molar-refractivity contribution in [2.45, 2.75) is 58.9 Å². The van der Waals surface area contributed by atoms with Gasteiger partial charge in [0.2, 0.25) is 0 Å². The molecule has 1 aromatic rings. The number of carboxylic acid groups (broad SMARTS) is 1. The fraction of sp³-hybridized carbons (Fsp3) is 0.750. The Hall–Kier alpha value is -0.940. The Kier molecular flexibility index (Phi) is 4.73. The minimum Gasteiger partial charge on any atom is -0.481 e. The van der Waals surface area contributed by atoms with Gasteiger partial charge in [-0.15, -0.1) is 11.3 Å². The van der Waals surface area contributed by atoms with E-state index in [2.05, 4.69) is 38.0 Å². The molecule has 0 amide bonds. The first-order valence-electron chi connectivity index (χ1n) is 7.67. The molecule has 21 heavy (non-hydrogen) atoms. The summed E-state index contributed by atoms with van der Waals surface area (Å²) in [7, 11) is 0. The average molecular weight is 310 g/mol. The maximum atomic E-state index is 11.6. The third-order valence-electron chi connectivity index (χ3n) is 4.19. The van der Waals surface area contributed by atoms with Crippen molar-refractivity contribution in [1.29, 1.82) is 0 Å². The second-order valence-corrected chi connectivity index (χ2v) is 8.05. The SMILES string of the molecule is CCCC1(C(=O)O)CCN(Cc2csc(C(C)(C)C)n2)C1. The highest BCUT2D eigenvalue weighted by molar-refractivity contribution is 7.09. The molecule has 0 spiro atoms. The lowest BCUT2D eigenvalue weighted by atomic mass is 9.83. The van der Waals surface area contributed by atoms with Crippen LogP contribution in [0.1, 0.15) is 57.7 Å². The molecule has 2 rings (SSSR count). The van der Waals surface area contributed by atoms with E-state index >= 15 is 0 Å². The zero-order valence-corrected chi connectivity index (χ0v) is 14.3. The second kappa shape index (κ2) is 6.05. The maximum absolute atomic E-state index is 11.6. The molecule has 5 heteroatoms. The molecule has 1 unspecified atom stereocenters. The highest BCUT2D eigenvalue weighted by Crippen LogP contribution is 2.36. The van der Waals surface area contributed by atoms with Gasteiger partial charge < -0.3 is 5.11 Å². The number of aromatic nitrogens is 1. The maximum Gasteiger partial charge on any atom is 0.310 e. The normalized spacial score (nSPS) is 23.6. The Balaban J connectivity index is 2.02. The summed E-state index contributed by atoms with van der Waals surface area (Å²) in [6, 6.07) is 0. The summed E-state index contributed by atoms with van der Waals surface area (Å²) < 4.78 is 0. The largest absolute Gasteiger partial charge is 0.481 e. The molecule has 1 fully saturated rings. The standard InChI is InChI=1S/C16H26N2O2S/c1-5-6-16(14(19)20)7-8-18(11-16)9-12-10-21-13(17-12)15(2,3)4/h10H,5-9,11H2,1-4H3,(H,19,20). The van der Waals surface area contributed by atoms with Crippen molar-refractivity contribution in [3.63, 3.8) is 0 Å². The van der Waals surface area contributed by atoms with E-state index < -0.39 is 11.4 Å². The quantitative estimate of drug-likeness (QED) is 0.904. The molecule has 1 saturated heterocycles. The monoisotopic (exact) mass is 310 g/mol. The van der Waals surface area contributed by atoms with Crippen LogP contribution in [0, 0.1) is 5.41 Å². The number of rotatable bonds is 5. The predicted molar refractivity (Wildman–Crippen MR) is 85.7 cm³/mol. The predicted octanol–water partition coefficient (Wildman–Crippen LogP) is 3.52. The molecule has 0 saturated carbocycles. The van der Waals surface area contributed by atoms with Crippen molar-refractivity contribution in [3.05, 3.63) is 16.1 Å². The third kappa shape index (κ3) is 3.64. The molecule has 1 N–H and O–H groups in total. The Bertz CT molecular complexity index is 507. The zero-order valence-electron chi connectivity index (χ0n) is 13.5. The van der Waals surface area contributed by atoms with Gasteiger partial charge in [0.05, 0.1) is 16.1 Å². The van der Waals surface area contributed by atoms with Crippen LogP contribution in [0.5, 0.6) is 0 Å². The first kappa shape index (κ1) is 16.4. The van der Waals surface area contributed by atoms with Gasteiger partial charge in [-0.05, 0) is 19.4 Å². The Morgan fingerprint density at radius 3 is 2.76 bits per heavy atom. The van der Waals surface area contributed by atoms with Crippen molar-refractivity contribution in [3.8, 4) is 0 Å². The van der Waals surface area contributed by atoms with E-state index in [1.54, 1.807) is 11.3 Å². The van der Waals surface area contributed by atoms with Crippen LogP contribution in [0.15, 0.2) is 5.38 Å². The molecule has 4 nitrogen and oxygen atoms in total. The van der Waals surface area contributed by atoms with Crippen LogP contribution in [0.3, 0.4) is 0 Å². The summed E-state index contributed by atoms with van der Waals surface area (Å²) in [6.07, 6.45) is 2.45. The van der Waals surface area contributed by atoms with Crippen LogP contribution in [0.25, 0.3) is 0 Å². The Morgan fingerprint density at radius 1 is 1.52 bits per heavy atom. The molecule has 0 bridgehead atoms. The number of nitrogens with zero attached hydrogens (tertiary/aromatic N) is 2. The first-order valence-corrected chi connectivity index (χ1v) is 8.55. The van der Waals surface area contributed by atoms with E-state index in [0.717, 1.165) is 43.1 Å². The molecule has 118 valence electrons. The van der Waals surface area contributed by atoms with E-state index in [1.165, 1.54) is 0 Å². The van der Waals surface area contributed by atoms with Gasteiger partial charge in [-0.3, -0.25) is 9.69 Å². The molecule has 1 aromatic heterocycles. The summed E-state index contributed by atoms with van der Waals surface area (Å²) in [5, 5.41) is 12.8. The Morgan fingerprint density at radius 2 is 2.24 bits per heavy atom. The average Bonchev–Trinajstić information content (AvgIpc) is 2.98. The summed E-state index contributed by atoms with van der Waals surface area (Å²) in [5.41, 5.74) is 0.612. The number of likely N-dealkylation sites (tertiary alicyclic amines) is 1. The van der Waals surface area contributed by atoms with Crippen molar-refractivity contribution in [2.75, 3.05) is 13.1 Å². The highest BCUT2D eigenvalue weighted by atomic mass is 32.1. The van der Waals surface area contributed by atoms with Gasteiger partial charge in [-0.1, -0.05) is 34.1 Å². The van der Waals surface area contributed by atoms with Crippen LogP contribution in [0.2, 0.25) is 0 Å². The van der Waals surface area contributed by atoms with Crippen molar-refractivity contribution in [1.82, 2.24) is 9.88 Å². The van der Waals surface area contributed by atoms with Crippen LogP contribution in [-0.2, 0) is 16.8 Å². The second-order valence-electron chi connectivity index (χ2n) is 7.19. The van der Waals surface area contributed by atoms with E-state index in [-0.39, 0.29) is 5.41 Å². The van der Waals surface area contributed by atoms with Crippen molar-refractivity contribution in [2.24, 2.45) is 5.41 Å². The highest BCUT2D eigenvalue weighted by Gasteiger charge is 2.43. The minimum atomic E-state index is -0.638. The van der Waals surface area contributed by atoms with E-state index in [0.29, 0.717) is 6.54 Å². The number of carbonyl (C=O) groups is 1. The molecular formula is C16H26N2O2S. The van der Waals surface area contributed by atoms with Gasteiger partial charge in [0.1, 0.15) is 0 Å². The lowest BCUT2D eigenvalue weighted by molar-refractivity contribution is -0.148. The zero-order chi connectivity index (χ0) is 15.7. The molecule has 1 aliphatic heterocycles. The van der Waals surface area contributed by atoms with E-state index in [9.17, 15) is 9.90 Å². The minimum absolute atomic E-state index is 0.0843. The lowest BCUT2D eigenvalue weighted by Gasteiger charge is -2.24. The third-order valence-corrected chi connectivity index (χ3v) is 5.51. The molecule has 0 radical (unpaired) electrons.